The molecule has 3 heterocycles. The molecule has 1 aliphatic heterocycles. The Hall–Kier alpha value is -2.99. The van der Waals surface area contributed by atoms with Gasteiger partial charge in [0.15, 0.2) is 5.82 Å². The molecule has 8 nitrogen and oxygen atoms in total. The molecule has 0 bridgehead atoms. The molecule has 23 heavy (non-hydrogen) atoms. The molecule has 3 aromatic rings. The highest BCUT2D eigenvalue weighted by atomic mass is 32.2. The number of nitrogens with two attached hydrogens (primary N) is 1. The molecular formula is C14H12N8S. The van der Waals surface area contributed by atoms with Crippen molar-refractivity contribution in [2.75, 3.05) is 5.43 Å². The van der Waals surface area contributed by atoms with Crippen LogP contribution in [-0.4, -0.2) is 24.4 Å². The summed E-state index contributed by atoms with van der Waals surface area (Å²) in [6.45, 7) is 2.46. The number of hydrogen-bond donors (Lipinski definition) is 2. The van der Waals surface area contributed by atoms with E-state index in [1.165, 1.54) is 11.8 Å². The fraction of sp³-hybridized carbons (Fsp3) is 0.143. The molecule has 3 N–H and O–H groups in total. The standard InChI is InChI=1S/C14H12N8S/c1-8-17-9-4-2-3-5-10(9)21(8)7-12-18-19-14-22(12)20-13(16)11(6-15)23-14/h2-5,20H,7,16H2,1H3. The highest BCUT2D eigenvalue weighted by Gasteiger charge is 2.22. The number of para-hydroxylation sites is 2. The normalized spacial score (nSPS) is 13.7. The summed E-state index contributed by atoms with van der Waals surface area (Å²) in [4.78, 5) is 4.94. The molecule has 0 amide bonds. The van der Waals surface area contributed by atoms with Crippen LogP contribution < -0.4 is 11.2 Å². The Kier molecular flexibility index (Phi) is 2.99. The molecule has 9 heteroatoms. The Morgan fingerprint density at radius 1 is 1.35 bits per heavy atom. The van der Waals surface area contributed by atoms with Crippen LogP contribution in [0.2, 0.25) is 0 Å². The lowest BCUT2D eigenvalue weighted by Gasteiger charge is -2.18. The first-order valence-electron chi connectivity index (χ1n) is 6.88. The van der Waals surface area contributed by atoms with Gasteiger partial charge in [0.05, 0.1) is 17.6 Å². The summed E-state index contributed by atoms with van der Waals surface area (Å²) in [7, 11) is 0. The van der Waals surface area contributed by atoms with E-state index in [0.29, 0.717) is 28.3 Å². The van der Waals surface area contributed by atoms with Crippen LogP contribution in [0.1, 0.15) is 11.6 Å². The van der Waals surface area contributed by atoms with Crippen molar-refractivity contribution >= 4 is 22.8 Å². The monoisotopic (exact) mass is 324 g/mol. The largest absolute Gasteiger partial charge is 0.383 e. The number of allylic oxidation sites excluding steroid dienone is 1. The number of nitrogens with one attached hydrogen (secondary N) is 1. The van der Waals surface area contributed by atoms with Crippen LogP contribution in [0, 0.1) is 18.3 Å². The van der Waals surface area contributed by atoms with E-state index in [9.17, 15) is 0 Å². The van der Waals surface area contributed by atoms with Gasteiger partial charge in [0.25, 0.3) is 0 Å². The maximum atomic E-state index is 9.04. The third-order valence-corrected chi connectivity index (χ3v) is 4.58. The minimum absolute atomic E-state index is 0.304. The number of rotatable bonds is 2. The molecule has 0 saturated heterocycles. The predicted octanol–water partition coefficient (Wildman–Crippen LogP) is 1.29. The second kappa shape index (κ2) is 5.03. The molecule has 1 aliphatic rings. The van der Waals surface area contributed by atoms with Gasteiger partial charge in [-0.3, -0.25) is 5.43 Å². The average Bonchev–Trinajstić information content (AvgIpc) is 3.08. The minimum Gasteiger partial charge on any atom is -0.383 e. The zero-order valence-corrected chi connectivity index (χ0v) is 13.0. The van der Waals surface area contributed by atoms with Crippen LogP contribution in [0.15, 0.2) is 40.1 Å². The van der Waals surface area contributed by atoms with Gasteiger partial charge in [-0.2, -0.15) is 5.26 Å². The summed E-state index contributed by atoms with van der Waals surface area (Å²) < 4.78 is 3.77. The van der Waals surface area contributed by atoms with Crippen molar-refractivity contribution in [2.45, 2.75) is 18.6 Å². The lowest BCUT2D eigenvalue weighted by atomic mass is 10.3. The van der Waals surface area contributed by atoms with E-state index in [1.54, 1.807) is 4.68 Å². The number of benzene rings is 1. The zero-order chi connectivity index (χ0) is 16.0. The predicted molar refractivity (Wildman–Crippen MR) is 85.6 cm³/mol. The van der Waals surface area contributed by atoms with Crippen LogP contribution in [0.5, 0.6) is 0 Å². The van der Waals surface area contributed by atoms with E-state index in [4.69, 9.17) is 11.0 Å². The second-order valence-electron chi connectivity index (χ2n) is 5.04. The Bertz CT molecular complexity index is 990. The molecule has 0 fully saturated rings. The van der Waals surface area contributed by atoms with Gasteiger partial charge in [0, 0.05) is 0 Å². The summed E-state index contributed by atoms with van der Waals surface area (Å²) in [5.41, 5.74) is 10.8. The Morgan fingerprint density at radius 3 is 3.00 bits per heavy atom. The maximum Gasteiger partial charge on any atom is 0.216 e. The maximum absolute atomic E-state index is 9.04. The van der Waals surface area contributed by atoms with Crippen molar-refractivity contribution in [1.82, 2.24) is 24.4 Å². The molecule has 1 aromatic carbocycles. The highest BCUT2D eigenvalue weighted by molar-refractivity contribution is 8.03. The molecule has 0 atom stereocenters. The van der Waals surface area contributed by atoms with Crippen molar-refractivity contribution in [1.29, 1.82) is 5.26 Å². The fourth-order valence-corrected chi connectivity index (χ4v) is 3.23. The molecule has 0 radical (unpaired) electrons. The van der Waals surface area contributed by atoms with Gasteiger partial charge < -0.3 is 10.3 Å². The van der Waals surface area contributed by atoms with Gasteiger partial charge in [0.1, 0.15) is 22.6 Å². The van der Waals surface area contributed by atoms with Crippen molar-refractivity contribution in [3.63, 3.8) is 0 Å². The molecule has 2 aromatic heterocycles. The molecule has 4 rings (SSSR count). The zero-order valence-electron chi connectivity index (χ0n) is 12.2. The van der Waals surface area contributed by atoms with Gasteiger partial charge in [-0.25, -0.2) is 9.66 Å². The van der Waals surface area contributed by atoms with Crippen molar-refractivity contribution in [2.24, 2.45) is 5.73 Å². The molecule has 0 aliphatic carbocycles. The number of nitriles is 1. The fourth-order valence-electron chi connectivity index (χ4n) is 2.52. The third kappa shape index (κ3) is 2.11. The van der Waals surface area contributed by atoms with Gasteiger partial charge in [-0.05, 0) is 30.8 Å². The number of imidazole rings is 1. The van der Waals surface area contributed by atoms with Crippen LogP contribution in [0.3, 0.4) is 0 Å². The summed E-state index contributed by atoms with van der Waals surface area (Å²) in [6.07, 6.45) is 0. The molecule has 114 valence electrons. The van der Waals surface area contributed by atoms with E-state index in [0.717, 1.165) is 16.9 Å². The first kappa shape index (κ1) is 13.7. The van der Waals surface area contributed by atoms with Gasteiger partial charge in [-0.1, -0.05) is 12.1 Å². The van der Waals surface area contributed by atoms with Gasteiger partial charge in [0.2, 0.25) is 5.16 Å². The molecule has 0 spiro atoms. The smallest absolute Gasteiger partial charge is 0.216 e. The Labute approximate surface area is 135 Å². The summed E-state index contributed by atoms with van der Waals surface area (Å²) >= 11 is 1.20. The number of hydrogen-bond acceptors (Lipinski definition) is 7. The van der Waals surface area contributed by atoms with Gasteiger partial charge >= 0.3 is 0 Å². The number of aryl methyl sites for hydroxylation is 1. The number of nitrogens with zero attached hydrogens (tertiary/aromatic N) is 6. The Balaban J connectivity index is 1.74. The Morgan fingerprint density at radius 2 is 2.17 bits per heavy atom. The SMILES string of the molecule is Cc1nc2ccccc2n1Cc1nnc2n1NC(N)=C(C#N)S2. The van der Waals surface area contributed by atoms with Crippen LogP contribution in [-0.2, 0) is 6.54 Å². The highest BCUT2D eigenvalue weighted by Crippen LogP contribution is 2.29. The van der Waals surface area contributed by atoms with E-state index in [2.05, 4.69) is 25.2 Å². The minimum atomic E-state index is 0.304. The lowest BCUT2D eigenvalue weighted by Crippen LogP contribution is -2.27. The summed E-state index contributed by atoms with van der Waals surface area (Å²) in [5.74, 6) is 1.89. The second-order valence-corrected chi connectivity index (χ2v) is 6.01. The van der Waals surface area contributed by atoms with Crippen molar-refractivity contribution in [3.05, 3.63) is 46.6 Å². The molecule has 0 saturated carbocycles. The third-order valence-electron chi connectivity index (χ3n) is 3.62. The average molecular weight is 324 g/mol. The number of aromatic nitrogens is 5. The van der Waals surface area contributed by atoms with E-state index in [1.807, 2.05) is 37.3 Å². The van der Waals surface area contributed by atoms with Crippen LogP contribution in [0.4, 0.5) is 0 Å². The van der Waals surface area contributed by atoms with E-state index < -0.39 is 0 Å². The number of fused-ring (bicyclic) bond motifs is 2. The van der Waals surface area contributed by atoms with Gasteiger partial charge in [-0.15, -0.1) is 10.2 Å². The summed E-state index contributed by atoms with van der Waals surface area (Å²) in [6, 6.07) is 9.98. The van der Waals surface area contributed by atoms with Crippen molar-refractivity contribution < 1.29 is 0 Å². The van der Waals surface area contributed by atoms with Crippen LogP contribution >= 0.6 is 11.8 Å². The first-order chi connectivity index (χ1) is 11.2. The van der Waals surface area contributed by atoms with E-state index in [-0.39, 0.29) is 0 Å². The first-order valence-corrected chi connectivity index (χ1v) is 7.70. The van der Waals surface area contributed by atoms with Crippen LogP contribution in [0.25, 0.3) is 11.0 Å². The van der Waals surface area contributed by atoms with E-state index >= 15 is 0 Å². The number of thioether (sulfide) groups is 1. The molecule has 0 unspecified atom stereocenters. The van der Waals surface area contributed by atoms with Crippen molar-refractivity contribution in [3.8, 4) is 6.07 Å². The quantitative estimate of drug-likeness (QED) is 0.730. The lowest BCUT2D eigenvalue weighted by molar-refractivity contribution is 0.677. The topological polar surface area (TPSA) is 110 Å². The summed E-state index contributed by atoms with van der Waals surface area (Å²) in [5, 5.41) is 18.0. The molecular weight excluding hydrogens is 312 g/mol.